The molecule has 0 aromatic heterocycles. The molecule has 9 heteroatoms. The number of phenols is 8. The third-order valence-electron chi connectivity index (χ3n) is 6.25. The second kappa shape index (κ2) is 10.5. The molecule has 4 aromatic rings. The summed E-state index contributed by atoms with van der Waals surface area (Å²) in [6, 6.07) is 17.4. The molecule has 192 valence electrons. The molecule has 0 spiro atoms. The van der Waals surface area contributed by atoms with Crippen molar-refractivity contribution in [2.24, 2.45) is 0 Å². The second-order valence-corrected chi connectivity index (χ2v) is 8.50. The van der Waals surface area contributed by atoms with Crippen LogP contribution in [-0.2, 0) is 4.74 Å². The molecule has 4 aromatic carbocycles. The third-order valence-corrected chi connectivity index (χ3v) is 6.25. The quantitative estimate of drug-likeness (QED) is 0.162. The van der Waals surface area contributed by atoms with Crippen LogP contribution >= 0.6 is 0 Å². The van der Waals surface area contributed by atoms with E-state index in [0.717, 1.165) is 0 Å². The summed E-state index contributed by atoms with van der Waals surface area (Å²) in [5, 5.41) is 82.2. The van der Waals surface area contributed by atoms with Crippen molar-refractivity contribution < 1.29 is 45.6 Å². The van der Waals surface area contributed by atoms with Crippen LogP contribution in [0.15, 0.2) is 72.8 Å². The fraction of sp³-hybridized carbons (Fsp3) is 0.143. The Kier molecular flexibility index (Phi) is 7.17. The summed E-state index contributed by atoms with van der Waals surface area (Å²) in [6.45, 7) is -0.354. The summed E-state index contributed by atoms with van der Waals surface area (Å²) in [7, 11) is 0. The highest BCUT2D eigenvalue weighted by Gasteiger charge is 2.27. The third kappa shape index (κ3) is 4.98. The van der Waals surface area contributed by atoms with Gasteiger partial charge in [0.1, 0.15) is 0 Å². The lowest BCUT2D eigenvalue weighted by Gasteiger charge is -2.24. The zero-order valence-electron chi connectivity index (χ0n) is 19.5. The van der Waals surface area contributed by atoms with Gasteiger partial charge in [-0.3, -0.25) is 0 Å². The average molecular weight is 507 g/mol. The van der Waals surface area contributed by atoms with Gasteiger partial charge in [-0.05, 0) is 24.3 Å². The van der Waals surface area contributed by atoms with E-state index >= 15 is 0 Å². The minimum absolute atomic E-state index is 0.177. The summed E-state index contributed by atoms with van der Waals surface area (Å²) in [4.78, 5) is 0. The molecule has 0 aliphatic rings. The fourth-order valence-corrected chi connectivity index (χ4v) is 4.32. The number of rotatable bonds is 8. The number of ether oxygens (including phenoxy) is 1. The van der Waals surface area contributed by atoms with Gasteiger partial charge in [-0.25, -0.2) is 0 Å². The molecule has 0 aliphatic heterocycles. The molecule has 8 N–H and O–H groups in total. The normalized spacial score (nSPS) is 11.3. The predicted octanol–water partition coefficient (Wildman–Crippen LogP) is 4.31. The molecule has 0 unspecified atom stereocenters. The number of hydrogen-bond donors (Lipinski definition) is 8. The second-order valence-electron chi connectivity index (χ2n) is 8.50. The zero-order valence-corrected chi connectivity index (χ0v) is 19.5. The molecule has 0 heterocycles. The lowest BCUT2D eigenvalue weighted by atomic mass is 9.89. The Balaban J connectivity index is 1.72. The van der Waals surface area contributed by atoms with Gasteiger partial charge in [-0.1, -0.05) is 48.5 Å². The molecule has 0 aliphatic carbocycles. The van der Waals surface area contributed by atoms with Gasteiger partial charge in [0.2, 0.25) is 0 Å². The first-order valence-corrected chi connectivity index (χ1v) is 11.3. The van der Waals surface area contributed by atoms with Crippen LogP contribution in [-0.4, -0.2) is 54.1 Å². The van der Waals surface area contributed by atoms with Crippen LogP contribution in [0.3, 0.4) is 0 Å². The highest BCUT2D eigenvalue weighted by molar-refractivity contribution is 5.56. The fourth-order valence-electron chi connectivity index (χ4n) is 4.32. The van der Waals surface area contributed by atoms with Crippen LogP contribution in [0, 0.1) is 0 Å². The maximum absolute atomic E-state index is 10.5. The van der Waals surface area contributed by atoms with Crippen molar-refractivity contribution in [3.05, 3.63) is 95.1 Å². The van der Waals surface area contributed by atoms with Crippen LogP contribution in [0.5, 0.6) is 46.0 Å². The number of para-hydroxylation sites is 4. The Bertz CT molecular complexity index is 1210. The molecule has 4 rings (SSSR count). The highest BCUT2D eigenvalue weighted by Crippen LogP contribution is 2.44. The van der Waals surface area contributed by atoms with E-state index in [4.69, 9.17) is 4.74 Å². The molecule has 0 saturated heterocycles. The Morgan fingerprint density at radius 1 is 0.405 bits per heavy atom. The van der Waals surface area contributed by atoms with Crippen LogP contribution in [0.2, 0.25) is 0 Å². The predicted molar refractivity (Wildman–Crippen MR) is 134 cm³/mol. The van der Waals surface area contributed by atoms with E-state index in [9.17, 15) is 40.9 Å². The largest absolute Gasteiger partial charge is 0.504 e. The Morgan fingerprint density at radius 3 is 0.892 bits per heavy atom. The van der Waals surface area contributed by atoms with Gasteiger partial charge < -0.3 is 45.6 Å². The molecule has 9 nitrogen and oxygen atoms in total. The Hall–Kier alpha value is -4.76. The molecule has 0 saturated carbocycles. The van der Waals surface area contributed by atoms with Gasteiger partial charge in [0.05, 0.1) is 13.2 Å². The number of benzene rings is 4. The van der Waals surface area contributed by atoms with E-state index in [1.165, 1.54) is 72.8 Å². The number of phenolic OH excluding ortho intramolecular Hbond substituents is 8. The standard InChI is InChI=1S/C28H26O9/c29-21-9-1-5-15(25(21)33)19(16-6-2-10-22(30)26(16)34)13-37-14-20(17-7-3-11-23(31)27(17)35)18-8-4-12-24(32)28(18)36/h1-12,19-20,29-36H,13-14H2. The first-order valence-electron chi connectivity index (χ1n) is 11.3. The van der Waals surface area contributed by atoms with E-state index in [-0.39, 0.29) is 58.5 Å². The van der Waals surface area contributed by atoms with Gasteiger partial charge in [0, 0.05) is 34.1 Å². The molecule has 0 atom stereocenters. The maximum Gasteiger partial charge on any atom is 0.161 e. The maximum atomic E-state index is 10.5. The molecule has 37 heavy (non-hydrogen) atoms. The van der Waals surface area contributed by atoms with Crippen molar-refractivity contribution in [3.8, 4) is 46.0 Å². The van der Waals surface area contributed by atoms with Crippen molar-refractivity contribution in [2.45, 2.75) is 11.8 Å². The van der Waals surface area contributed by atoms with Gasteiger partial charge in [-0.15, -0.1) is 0 Å². The molecular weight excluding hydrogens is 480 g/mol. The van der Waals surface area contributed by atoms with Crippen molar-refractivity contribution in [1.82, 2.24) is 0 Å². The van der Waals surface area contributed by atoms with Crippen LogP contribution in [0.1, 0.15) is 34.1 Å². The SMILES string of the molecule is Oc1cccc(C(COCC(c2cccc(O)c2O)c2cccc(O)c2O)c2cccc(O)c2O)c1O. The van der Waals surface area contributed by atoms with Gasteiger partial charge in [-0.2, -0.15) is 0 Å². The first kappa shape index (κ1) is 25.3. The lowest BCUT2D eigenvalue weighted by Crippen LogP contribution is -2.16. The van der Waals surface area contributed by atoms with E-state index < -0.39 is 34.8 Å². The zero-order chi connectivity index (χ0) is 26.7. The van der Waals surface area contributed by atoms with E-state index in [1.807, 2.05) is 0 Å². The number of aromatic hydroxyl groups is 8. The van der Waals surface area contributed by atoms with Gasteiger partial charge in [0.15, 0.2) is 46.0 Å². The molecular formula is C28H26O9. The lowest BCUT2D eigenvalue weighted by molar-refractivity contribution is 0.118. The van der Waals surface area contributed by atoms with Gasteiger partial charge >= 0.3 is 0 Å². The Labute approximate surface area is 212 Å². The van der Waals surface area contributed by atoms with E-state index in [2.05, 4.69) is 0 Å². The summed E-state index contributed by atoms with van der Waals surface area (Å²) < 4.78 is 5.98. The van der Waals surface area contributed by atoms with Crippen LogP contribution in [0.25, 0.3) is 0 Å². The number of hydrogen-bond acceptors (Lipinski definition) is 9. The summed E-state index contributed by atoms with van der Waals surface area (Å²) in [6.07, 6.45) is 0. The van der Waals surface area contributed by atoms with Crippen molar-refractivity contribution in [2.75, 3.05) is 13.2 Å². The summed E-state index contributed by atoms with van der Waals surface area (Å²) in [5.41, 5.74) is 0.881. The van der Waals surface area contributed by atoms with E-state index in [0.29, 0.717) is 0 Å². The van der Waals surface area contributed by atoms with Crippen LogP contribution < -0.4 is 0 Å². The smallest absolute Gasteiger partial charge is 0.161 e. The minimum Gasteiger partial charge on any atom is -0.504 e. The highest BCUT2D eigenvalue weighted by atomic mass is 16.5. The van der Waals surface area contributed by atoms with Crippen molar-refractivity contribution in [3.63, 3.8) is 0 Å². The molecule has 0 radical (unpaired) electrons. The molecule has 0 amide bonds. The minimum atomic E-state index is -0.851. The monoisotopic (exact) mass is 506 g/mol. The van der Waals surface area contributed by atoms with Gasteiger partial charge in [0.25, 0.3) is 0 Å². The first-order chi connectivity index (χ1) is 17.7. The average Bonchev–Trinajstić information content (AvgIpc) is 2.87. The Morgan fingerprint density at radius 2 is 0.649 bits per heavy atom. The summed E-state index contributed by atoms with van der Waals surface area (Å²) in [5.74, 6) is -4.92. The van der Waals surface area contributed by atoms with Crippen LogP contribution in [0.4, 0.5) is 0 Å². The molecule has 0 bridgehead atoms. The molecule has 0 fully saturated rings. The van der Waals surface area contributed by atoms with Crippen molar-refractivity contribution >= 4 is 0 Å². The van der Waals surface area contributed by atoms with Crippen molar-refractivity contribution in [1.29, 1.82) is 0 Å². The topological polar surface area (TPSA) is 171 Å². The van der Waals surface area contributed by atoms with E-state index in [1.54, 1.807) is 0 Å². The summed E-state index contributed by atoms with van der Waals surface area (Å²) >= 11 is 0.